The predicted octanol–water partition coefficient (Wildman–Crippen LogP) is 3.47. The second-order valence-electron chi connectivity index (χ2n) is 6.59. The van der Waals surface area contributed by atoms with Crippen LogP contribution in [0.4, 0.5) is 0 Å². The number of furan rings is 1. The number of hydrogen-bond acceptors (Lipinski definition) is 4. The maximum atomic E-state index is 12.4. The minimum atomic E-state index is 0.0415. The molecule has 1 aliphatic heterocycles. The molecule has 1 aliphatic rings. The van der Waals surface area contributed by atoms with Gasteiger partial charge in [0.25, 0.3) is 0 Å². The maximum Gasteiger partial charge on any atom is 0.234 e. The lowest BCUT2D eigenvalue weighted by molar-refractivity contribution is -0.123. The van der Waals surface area contributed by atoms with E-state index in [-0.39, 0.29) is 11.9 Å². The highest BCUT2D eigenvalue weighted by Crippen LogP contribution is 2.31. The standard InChI is InChI=1S/C20H27N3O2/c1-2-17-10-11-19(25-17)18-9-4-3-7-13-23(18)15-20(24)22-14-16-8-5-6-12-21-16/h5-6,8,10-12,18H,2-4,7,9,13-15H2,1H3,(H,22,24). The van der Waals surface area contributed by atoms with Crippen LogP contribution in [0.25, 0.3) is 0 Å². The van der Waals surface area contributed by atoms with Gasteiger partial charge in [0.2, 0.25) is 5.91 Å². The van der Waals surface area contributed by atoms with Crippen molar-refractivity contribution in [3.05, 3.63) is 53.7 Å². The third kappa shape index (κ3) is 4.92. The van der Waals surface area contributed by atoms with Gasteiger partial charge in [-0.15, -0.1) is 0 Å². The van der Waals surface area contributed by atoms with E-state index < -0.39 is 0 Å². The molecule has 2 aromatic rings. The van der Waals surface area contributed by atoms with E-state index in [1.807, 2.05) is 18.2 Å². The van der Waals surface area contributed by atoms with Crippen LogP contribution in [0.2, 0.25) is 0 Å². The van der Waals surface area contributed by atoms with E-state index in [4.69, 9.17) is 4.42 Å². The van der Waals surface area contributed by atoms with Gasteiger partial charge in [-0.1, -0.05) is 25.8 Å². The number of amides is 1. The second-order valence-corrected chi connectivity index (χ2v) is 6.59. The minimum Gasteiger partial charge on any atom is -0.464 e. The molecule has 1 fully saturated rings. The number of nitrogens with one attached hydrogen (secondary N) is 1. The highest BCUT2D eigenvalue weighted by atomic mass is 16.3. The summed E-state index contributed by atoms with van der Waals surface area (Å²) in [7, 11) is 0. The second kappa shape index (κ2) is 8.81. The van der Waals surface area contributed by atoms with Crippen LogP contribution in [0.1, 0.15) is 55.9 Å². The number of carbonyl (C=O) groups excluding carboxylic acids is 1. The normalized spacial score (nSPS) is 18.7. The maximum absolute atomic E-state index is 12.4. The van der Waals surface area contributed by atoms with Gasteiger partial charge in [0.15, 0.2) is 0 Å². The van der Waals surface area contributed by atoms with Crippen LogP contribution in [-0.2, 0) is 17.8 Å². The molecule has 3 rings (SSSR count). The van der Waals surface area contributed by atoms with E-state index in [1.165, 1.54) is 12.8 Å². The molecule has 3 heterocycles. The fourth-order valence-electron chi connectivity index (χ4n) is 3.38. The lowest BCUT2D eigenvalue weighted by Crippen LogP contribution is -2.39. The number of nitrogens with zero attached hydrogens (tertiary/aromatic N) is 2. The molecular weight excluding hydrogens is 314 g/mol. The van der Waals surface area contributed by atoms with E-state index in [0.717, 1.165) is 43.0 Å². The molecule has 5 nitrogen and oxygen atoms in total. The molecule has 0 saturated carbocycles. The van der Waals surface area contributed by atoms with Crippen LogP contribution in [0.15, 0.2) is 40.9 Å². The first-order chi connectivity index (χ1) is 12.3. The highest BCUT2D eigenvalue weighted by molar-refractivity contribution is 5.78. The van der Waals surface area contributed by atoms with Gasteiger partial charge in [-0.25, -0.2) is 0 Å². The summed E-state index contributed by atoms with van der Waals surface area (Å²) in [4.78, 5) is 18.9. The number of rotatable bonds is 6. The van der Waals surface area contributed by atoms with Crippen molar-refractivity contribution in [1.82, 2.24) is 15.2 Å². The molecule has 0 aliphatic carbocycles. The van der Waals surface area contributed by atoms with Crippen molar-refractivity contribution in [2.75, 3.05) is 13.1 Å². The fourth-order valence-corrected chi connectivity index (χ4v) is 3.38. The number of aryl methyl sites for hydroxylation is 1. The number of likely N-dealkylation sites (tertiary alicyclic amines) is 1. The molecule has 0 bridgehead atoms. The molecule has 1 amide bonds. The summed E-state index contributed by atoms with van der Waals surface area (Å²) in [5.74, 6) is 2.05. The van der Waals surface area contributed by atoms with Gasteiger partial charge in [0, 0.05) is 12.6 Å². The van der Waals surface area contributed by atoms with Gasteiger partial charge in [-0.05, 0) is 43.7 Å². The van der Waals surface area contributed by atoms with Gasteiger partial charge in [-0.3, -0.25) is 14.7 Å². The Hall–Kier alpha value is -2.14. The molecule has 1 N–H and O–H groups in total. The smallest absolute Gasteiger partial charge is 0.234 e. The summed E-state index contributed by atoms with van der Waals surface area (Å²) in [6.45, 7) is 3.90. The molecule has 0 spiro atoms. The van der Waals surface area contributed by atoms with E-state index in [0.29, 0.717) is 13.1 Å². The summed E-state index contributed by atoms with van der Waals surface area (Å²) in [6.07, 6.45) is 7.21. The SMILES string of the molecule is CCc1ccc(C2CCCCCN2CC(=O)NCc2ccccn2)o1. The average Bonchev–Trinajstić information content (AvgIpc) is 3.01. The zero-order valence-corrected chi connectivity index (χ0v) is 14.9. The number of hydrogen-bond donors (Lipinski definition) is 1. The number of pyridine rings is 1. The molecule has 1 atom stereocenters. The average molecular weight is 341 g/mol. The summed E-state index contributed by atoms with van der Waals surface area (Å²) in [6, 6.07) is 10.1. The van der Waals surface area contributed by atoms with Gasteiger partial charge in [0.05, 0.1) is 24.8 Å². The van der Waals surface area contributed by atoms with Crippen LogP contribution in [0, 0.1) is 0 Å². The first-order valence-corrected chi connectivity index (χ1v) is 9.25. The quantitative estimate of drug-likeness (QED) is 0.874. The Morgan fingerprint density at radius 2 is 2.20 bits per heavy atom. The van der Waals surface area contributed by atoms with Crippen molar-refractivity contribution in [3.8, 4) is 0 Å². The van der Waals surface area contributed by atoms with E-state index >= 15 is 0 Å². The Bertz CT molecular complexity index is 669. The van der Waals surface area contributed by atoms with Gasteiger partial charge in [-0.2, -0.15) is 0 Å². The topological polar surface area (TPSA) is 58.4 Å². The molecule has 134 valence electrons. The predicted molar refractivity (Wildman–Crippen MR) is 97.0 cm³/mol. The van der Waals surface area contributed by atoms with Crippen LogP contribution >= 0.6 is 0 Å². The molecular formula is C20H27N3O2. The zero-order valence-electron chi connectivity index (χ0n) is 14.9. The van der Waals surface area contributed by atoms with Crippen LogP contribution < -0.4 is 5.32 Å². The third-order valence-electron chi connectivity index (χ3n) is 4.76. The monoisotopic (exact) mass is 341 g/mol. The molecule has 25 heavy (non-hydrogen) atoms. The molecule has 1 saturated heterocycles. The van der Waals surface area contributed by atoms with E-state index in [2.05, 4.69) is 34.3 Å². The lowest BCUT2D eigenvalue weighted by Gasteiger charge is -2.27. The van der Waals surface area contributed by atoms with Crippen molar-refractivity contribution < 1.29 is 9.21 Å². The Balaban J connectivity index is 1.61. The summed E-state index contributed by atoms with van der Waals surface area (Å²) in [5.41, 5.74) is 0.877. The Morgan fingerprint density at radius 1 is 1.28 bits per heavy atom. The molecule has 5 heteroatoms. The Morgan fingerprint density at radius 3 is 2.96 bits per heavy atom. The van der Waals surface area contributed by atoms with Crippen molar-refractivity contribution in [2.45, 2.75) is 51.6 Å². The van der Waals surface area contributed by atoms with Crippen LogP contribution in [-0.4, -0.2) is 28.9 Å². The van der Waals surface area contributed by atoms with Crippen molar-refractivity contribution in [2.24, 2.45) is 0 Å². The minimum absolute atomic E-state index is 0.0415. The fraction of sp³-hybridized carbons (Fsp3) is 0.500. The Labute approximate surface area is 149 Å². The van der Waals surface area contributed by atoms with Crippen molar-refractivity contribution in [1.29, 1.82) is 0 Å². The summed E-state index contributed by atoms with van der Waals surface area (Å²) < 4.78 is 5.99. The number of aromatic nitrogens is 1. The van der Waals surface area contributed by atoms with E-state index in [1.54, 1.807) is 6.20 Å². The molecule has 0 radical (unpaired) electrons. The largest absolute Gasteiger partial charge is 0.464 e. The third-order valence-corrected chi connectivity index (χ3v) is 4.76. The summed E-state index contributed by atoms with van der Waals surface area (Å²) in [5, 5.41) is 2.98. The first kappa shape index (κ1) is 17.7. The van der Waals surface area contributed by atoms with Gasteiger partial charge in [0.1, 0.15) is 11.5 Å². The van der Waals surface area contributed by atoms with Crippen LogP contribution in [0.3, 0.4) is 0 Å². The van der Waals surface area contributed by atoms with Crippen LogP contribution in [0.5, 0.6) is 0 Å². The van der Waals surface area contributed by atoms with Gasteiger partial charge < -0.3 is 9.73 Å². The van der Waals surface area contributed by atoms with Crippen molar-refractivity contribution in [3.63, 3.8) is 0 Å². The van der Waals surface area contributed by atoms with Gasteiger partial charge >= 0.3 is 0 Å². The van der Waals surface area contributed by atoms with E-state index in [9.17, 15) is 4.79 Å². The summed E-state index contributed by atoms with van der Waals surface area (Å²) >= 11 is 0. The lowest BCUT2D eigenvalue weighted by atomic mass is 10.1. The molecule has 1 unspecified atom stereocenters. The first-order valence-electron chi connectivity index (χ1n) is 9.25. The Kier molecular flexibility index (Phi) is 6.23. The van der Waals surface area contributed by atoms with Crippen molar-refractivity contribution >= 4 is 5.91 Å². The molecule has 0 aromatic carbocycles. The molecule has 2 aromatic heterocycles. The highest BCUT2D eigenvalue weighted by Gasteiger charge is 2.26. The zero-order chi connectivity index (χ0) is 17.5. The number of carbonyl (C=O) groups is 1.